The fourth-order valence-electron chi connectivity index (χ4n) is 2.15. The smallest absolute Gasteiger partial charge is 0.329 e. The van der Waals surface area contributed by atoms with Gasteiger partial charge in [-0.2, -0.15) is 5.10 Å². The summed E-state index contributed by atoms with van der Waals surface area (Å²) in [5.41, 5.74) is 3.29. The van der Waals surface area contributed by atoms with Crippen molar-refractivity contribution in [2.45, 2.75) is 6.92 Å². The summed E-state index contributed by atoms with van der Waals surface area (Å²) in [6.07, 6.45) is 1.40. The Balaban J connectivity index is 1.95. The lowest BCUT2D eigenvalue weighted by molar-refractivity contribution is -0.136. The third kappa shape index (κ3) is 5.74. The first-order chi connectivity index (χ1) is 13.1. The molecule has 0 atom stereocenters. The van der Waals surface area contributed by atoms with Crippen molar-refractivity contribution in [3.8, 4) is 17.2 Å². The van der Waals surface area contributed by atoms with E-state index in [0.29, 0.717) is 35.1 Å². The summed E-state index contributed by atoms with van der Waals surface area (Å²) in [5, 5.41) is 6.25. The van der Waals surface area contributed by atoms with Crippen LogP contribution in [0.15, 0.2) is 47.6 Å². The Morgan fingerprint density at radius 1 is 1.04 bits per heavy atom. The Labute approximate surface area is 157 Å². The summed E-state index contributed by atoms with van der Waals surface area (Å²) in [6.45, 7) is 2.35. The molecule has 0 aliphatic rings. The summed E-state index contributed by atoms with van der Waals surface area (Å²) < 4.78 is 15.7. The van der Waals surface area contributed by atoms with Crippen molar-refractivity contribution in [3.05, 3.63) is 48.0 Å². The van der Waals surface area contributed by atoms with Crippen LogP contribution in [0, 0.1) is 0 Å². The van der Waals surface area contributed by atoms with Crippen molar-refractivity contribution in [2.75, 3.05) is 26.1 Å². The Hall–Kier alpha value is -3.55. The molecule has 2 N–H and O–H groups in total. The number of anilines is 1. The van der Waals surface area contributed by atoms with E-state index in [2.05, 4.69) is 15.8 Å². The van der Waals surface area contributed by atoms with Gasteiger partial charge < -0.3 is 19.5 Å². The van der Waals surface area contributed by atoms with Gasteiger partial charge in [-0.25, -0.2) is 5.43 Å². The van der Waals surface area contributed by atoms with Crippen LogP contribution in [0.4, 0.5) is 5.69 Å². The lowest BCUT2D eigenvalue weighted by Crippen LogP contribution is -2.32. The minimum absolute atomic E-state index is 0.440. The van der Waals surface area contributed by atoms with Gasteiger partial charge in [-0.3, -0.25) is 9.59 Å². The standard InChI is InChI=1S/C19H21N3O5/c1-4-27-17-10-13(8-9-16(17)26-3)12-20-22-19(24)18(23)21-14-6-5-7-15(11-14)25-2/h5-12H,4H2,1-3H3,(H,21,23)(H,22,24)/b20-12-. The van der Waals surface area contributed by atoms with E-state index in [9.17, 15) is 9.59 Å². The van der Waals surface area contributed by atoms with Crippen molar-refractivity contribution in [3.63, 3.8) is 0 Å². The summed E-state index contributed by atoms with van der Waals surface area (Å²) >= 11 is 0. The number of hydrazone groups is 1. The molecule has 0 spiro atoms. The van der Waals surface area contributed by atoms with Crippen LogP contribution in [-0.4, -0.2) is 38.9 Å². The molecular weight excluding hydrogens is 350 g/mol. The third-order valence-corrected chi connectivity index (χ3v) is 3.40. The van der Waals surface area contributed by atoms with Crippen LogP contribution < -0.4 is 25.0 Å². The van der Waals surface area contributed by atoms with Gasteiger partial charge in [0.1, 0.15) is 5.75 Å². The van der Waals surface area contributed by atoms with Gasteiger partial charge in [0.25, 0.3) is 0 Å². The molecule has 0 saturated heterocycles. The third-order valence-electron chi connectivity index (χ3n) is 3.40. The zero-order valence-electron chi connectivity index (χ0n) is 15.3. The van der Waals surface area contributed by atoms with Gasteiger partial charge in [0.05, 0.1) is 27.0 Å². The normalized spacial score (nSPS) is 10.3. The van der Waals surface area contributed by atoms with E-state index in [0.717, 1.165) is 0 Å². The molecule has 0 radical (unpaired) electrons. The molecule has 0 saturated carbocycles. The number of benzene rings is 2. The molecule has 0 heterocycles. The van der Waals surface area contributed by atoms with Gasteiger partial charge in [0.2, 0.25) is 0 Å². The van der Waals surface area contributed by atoms with E-state index in [1.165, 1.54) is 13.3 Å². The molecule has 0 aliphatic carbocycles. The van der Waals surface area contributed by atoms with E-state index >= 15 is 0 Å². The summed E-state index contributed by atoms with van der Waals surface area (Å²) in [4.78, 5) is 23.8. The van der Waals surface area contributed by atoms with Crippen molar-refractivity contribution in [1.82, 2.24) is 5.43 Å². The molecule has 8 heteroatoms. The highest BCUT2D eigenvalue weighted by Gasteiger charge is 2.13. The highest BCUT2D eigenvalue weighted by atomic mass is 16.5. The average Bonchev–Trinajstić information content (AvgIpc) is 2.68. The van der Waals surface area contributed by atoms with Crippen LogP contribution in [0.5, 0.6) is 17.2 Å². The number of amides is 2. The van der Waals surface area contributed by atoms with Crippen molar-refractivity contribution in [1.29, 1.82) is 0 Å². The number of hydrogen-bond acceptors (Lipinski definition) is 6. The van der Waals surface area contributed by atoms with E-state index in [-0.39, 0.29) is 0 Å². The topological polar surface area (TPSA) is 98.2 Å². The molecule has 0 unspecified atom stereocenters. The number of carbonyl (C=O) groups is 2. The quantitative estimate of drug-likeness (QED) is 0.442. The Kier molecular flexibility index (Phi) is 7.18. The zero-order chi connectivity index (χ0) is 19.6. The number of hydrogen-bond donors (Lipinski definition) is 2. The number of rotatable bonds is 7. The van der Waals surface area contributed by atoms with Gasteiger partial charge in [-0.1, -0.05) is 6.07 Å². The maximum Gasteiger partial charge on any atom is 0.329 e. The predicted octanol–water partition coefficient (Wildman–Crippen LogP) is 2.19. The molecule has 0 aromatic heterocycles. The first-order valence-electron chi connectivity index (χ1n) is 8.16. The monoisotopic (exact) mass is 371 g/mol. The number of methoxy groups -OCH3 is 2. The molecule has 2 rings (SSSR count). The highest BCUT2D eigenvalue weighted by Crippen LogP contribution is 2.27. The lowest BCUT2D eigenvalue weighted by atomic mass is 10.2. The van der Waals surface area contributed by atoms with E-state index in [4.69, 9.17) is 14.2 Å². The fraction of sp³-hybridized carbons (Fsp3) is 0.211. The van der Waals surface area contributed by atoms with Crippen LogP contribution in [0.1, 0.15) is 12.5 Å². The molecule has 2 aromatic rings. The Bertz CT molecular complexity index is 836. The van der Waals surface area contributed by atoms with E-state index < -0.39 is 11.8 Å². The fourth-order valence-corrected chi connectivity index (χ4v) is 2.15. The summed E-state index contributed by atoms with van der Waals surface area (Å²) in [6, 6.07) is 11.9. The summed E-state index contributed by atoms with van der Waals surface area (Å²) in [7, 11) is 3.06. The second kappa shape index (κ2) is 9.81. The molecule has 0 fully saturated rings. The first kappa shape index (κ1) is 19.8. The SMILES string of the molecule is CCOc1cc(/C=N\NC(=O)C(=O)Nc2cccc(OC)c2)ccc1OC. The first-order valence-corrected chi connectivity index (χ1v) is 8.16. The predicted molar refractivity (Wildman–Crippen MR) is 102 cm³/mol. The second-order valence-electron chi connectivity index (χ2n) is 5.23. The van der Waals surface area contributed by atoms with Crippen molar-refractivity contribution < 1.29 is 23.8 Å². The van der Waals surface area contributed by atoms with Gasteiger partial charge in [0.15, 0.2) is 11.5 Å². The van der Waals surface area contributed by atoms with E-state index in [1.807, 2.05) is 6.92 Å². The number of nitrogens with one attached hydrogen (secondary N) is 2. The zero-order valence-corrected chi connectivity index (χ0v) is 15.3. The number of ether oxygens (including phenoxy) is 3. The van der Waals surface area contributed by atoms with Gasteiger partial charge in [-0.05, 0) is 42.8 Å². The molecular formula is C19H21N3O5. The lowest BCUT2D eigenvalue weighted by Gasteiger charge is -2.09. The van der Waals surface area contributed by atoms with Crippen LogP contribution >= 0.6 is 0 Å². The summed E-state index contributed by atoms with van der Waals surface area (Å²) in [5.74, 6) is -0.0182. The minimum Gasteiger partial charge on any atom is -0.497 e. The number of nitrogens with zero attached hydrogens (tertiary/aromatic N) is 1. The minimum atomic E-state index is -0.896. The molecule has 0 aliphatic heterocycles. The van der Waals surface area contributed by atoms with Crippen LogP contribution in [0.2, 0.25) is 0 Å². The van der Waals surface area contributed by atoms with Crippen molar-refractivity contribution >= 4 is 23.7 Å². The average molecular weight is 371 g/mol. The molecule has 0 bridgehead atoms. The Morgan fingerprint density at radius 2 is 1.85 bits per heavy atom. The maximum atomic E-state index is 11.9. The van der Waals surface area contributed by atoms with Gasteiger partial charge in [-0.15, -0.1) is 0 Å². The Morgan fingerprint density at radius 3 is 2.56 bits per heavy atom. The molecule has 8 nitrogen and oxygen atoms in total. The van der Waals surface area contributed by atoms with E-state index in [1.54, 1.807) is 49.6 Å². The maximum absolute atomic E-state index is 11.9. The largest absolute Gasteiger partial charge is 0.497 e. The molecule has 2 aromatic carbocycles. The molecule has 27 heavy (non-hydrogen) atoms. The van der Waals surface area contributed by atoms with Crippen LogP contribution in [-0.2, 0) is 9.59 Å². The van der Waals surface area contributed by atoms with Gasteiger partial charge in [0, 0.05) is 11.8 Å². The van der Waals surface area contributed by atoms with Crippen LogP contribution in [0.3, 0.4) is 0 Å². The van der Waals surface area contributed by atoms with Crippen molar-refractivity contribution in [2.24, 2.45) is 5.10 Å². The second-order valence-corrected chi connectivity index (χ2v) is 5.23. The molecule has 142 valence electrons. The van der Waals surface area contributed by atoms with Gasteiger partial charge >= 0.3 is 11.8 Å². The van der Waals surface area contributed by atoms with Crippen LogP contribution in [0.25, 0.3) is 0 Å². The highest BCUT2D eigenvalue weighted by molar-refractivity contribution is 6.39. The molecule has 2 amide bonds. The number of carbonyl (C=O) groups excluding carboxylic acids is 2.